The van der Waals surface area contributed by atoms with Crippen molar-refractivity contribution in [2.45, 2.75) is 44.6 Å². The molecule has 0 aromatic carbocycles. The van der Waals surface area contributed by atoms with Gasteiger partial charge in [-0.3, -0.25) is 4.79 Å². The number of hydrogen-bond acceptors (Lipinski definition) is 5. The molecule has 1 amide bonds. The van der Waals surface area contributed by atoms with Crippen molar-refractivity contribution in [2.24, 2.45) is 0 Å². The Morgan fingerprint density at radius 1 is 1.38 bits per heavy atom. The third-order valence-electron chi connectivity index (χ3n) is 4.28. The van der Waals surface area contributed by atoms with Gasteiger partial charge >= 0.3 is 0 Å². The predicted molar refractivity (Wildman–Crippen MR) is 75.9 cm³/mol. The first-order valence-electron chi connectivity index (χ1n) is 7.24. The maximum Gasteiger partial charge on any atom is 0.255 e. The number of nitrogens with one attached hydrogen (secondary N) is 1. The maximum atomic E-state index is 12.5. The van der Waals surface area contributed by atoms with E-state index in [9.17, 15) is 9.90 Å². The number of carbonyl (C=O) groups is 1. The molecule has 2 aromatic rings. The minimum atomic E-state index is -0.501. The maximum absolute atomic E-state index is 12.5. The lowest BCUT2D eigenvalue weighted by molar-refractivity contribution is 0.0757. The van der Waals surface area contributed by atoms with Crippen molar-refractivity contribution in [3.63, 3.8) is 0 Å². The molecule has 0 radical (unpaired) electrons. The average Bonchev–Trinajstić information content (AvgIpc) is 2.98. The van der Waals surface area contributed by atoms with Gasteiger partial charge in [-0.2, -0.15) is 10.1 Å². The van der Waals surface area contributed by atoms with Gasteiger partial charge in [0.15, 0.2) is 0 Å². The van der Waals surface area contributed by atoms with Crippen LogP contribution in [0.4, 0.5) is 0 Å². The van der Waals surface area contributed by atoms with Gasteiger partial charge in [0.05, 0.1) is 23.4 Å². The highest BCUT2D eigenvalue weighted by atomic mass is 16.3. The van der Waals surface area contributed by atoms with Crippen LogP contribution in [0.15, 0.2) is 12.5 Å². The highest BCUT2D eigenvalue weighted by molar-refractivity contribution is 5.95. The highest BCUT2D eigenvalue weighted by Gasteiger charge is 2.33. The van der Waals surface area contributed by atoms with E-state index in [1.54, 1.807) is 4.52 Å². The Morgan fingerprint density at radius 2 is 2.14 bits per heavy atom. The Labute approximate surface area is 122 Å². The molecular weight excluding hydrogens is 270 g/mol. The molecule has 2 N–H and O–H groups in total. The average molecular weight is 289 g/mol. The van der Waals surface area contributed by atoms with Gasteiger partial charge in [-0.05, 0) is 19.8 Å². The van der Waals surface area contributed by atoms with E-state index in [4.69, 9.17) is 0 Å². The molecule has 0 aliphatic heterocycles. The first-order valence-corrected chi connectivity index (χ1v) is 7.24. The van der Waals surface area contributed by atoms with Crippen LogP contribution in [0.2, 0.25) is 0 Å². The van der Waals surface area contributed by atoms with Crippen LogP contribution in [-0.4, -0.2) is 42.7 Å². The number of fused-ring (bicyclic) bond motifs is 1. The van der Waals surface area contributed by atoms with E-state index in [0.29, 0.717) is 17.0 Å². The molecule has 1 aliphatic carbocycles. The van der Waals surface area contributed by atoms with Crippen LogP contribution in [0.5, 0.6) is 0 Å². The lowest BCUT2D eigenvalue weighted by Gasteiger charge is -2.36. The number of aromatic nitrogens is 4. The summed E-state index contributed by atoms with van der Waals surface area (Å²) in [5.74, 6) is 0.256. The van der Waals surface area contributed by atoms with Crippen LogP contribution in [-0.2, 0) is 0 Å². The monoisotopic (exact) mass is 289 g/mol. The van der Waals surface area contributed by atoms with Gasteiger partial charge in [-0.15, -0.1) is 0 Å². The normalized spacial score (nSPS) is 17.8. The van der Waals surface area contributed by atoms with Crippen LogP contribution in [0.1, 0.15) is 48.2 Å². The molecule has 3 rings (SSSR count). The quantitative estimate of drug-likeness (QED) is 0.874. The molecule has 0 saturated heterocycles. The highest BCUT2D eigenvalue weighted by Crippen LogP contribution is 2.28. The molecule has 0 bridgehead atoms. The standard InChI is InChI=1S/C14H19N5O2/c1-10-11(7-15-13-16-9-17-19(10)13)12(21)18-14(8-20)5-3-2-4-6-14/h7,9,20H,2-6,8H2,1H3,(H,18,21). The van der Waals surface area contributed by atoms with Crippen molar-refractivity contribution in [3.05, 3.63) is 23.8 Å². The minimum Gasteiger partial charge on any atom is -0.394 e. The van der Waals surface area contributed by atoms with Crippen molar-refractivity contribution in [2.75, 3.05) is 6.61 Å². The minimum absolute atomic E-state index is 0.0310. The van der Waals surface area contributed by atoms with Gasteiger partial charge in [-0.25, -0.2) is 9.50 Å². The molecule has 2 aromatic heterocycles. The van der Waals surface area contributed by atoms with Gasteiger partial charge in [0.1, 0.15) is 6.33 Å². The largest absolute Gasteiger partial charge is 0.394 e. The zero-order chi connectivity index (χ0) is 14.9. The Balaban J connectivity index is 1.87. The van der Waals surface area contributed by atoms with E-state index in [1.807, 2.05) is 6.92 Å². The Bertz CT molecular complexity index is 660. The van der Waals surface area contributed by atoms with Gasteiger partial charge in [-0.1, -0.05) is 19.3 Å². The SMILES string of the molecule is Cc1c(C(=O)NC2(CO)CCCCC2)cnc2ncnn12. The lowest BCUT2D eigenvalue weighted by Crippen LogP contribution is -2.52. The molecule has 1 saturated carbocycles. The van der Waals surface area contributed by atoms with Crippen molar-refractivity contribution >= 4 is 11.7 Å². The summed E-state index contributed by atoms with van der Waals surface area (Å²) in [6.07, 6.45) is 7.76. The van der Waals surface area contributed by atoms with Crippen LogP contribution in [0.25, 0.3) is 5.78 Å². The van der Waals surface area contributed by atoms with Gasteiger partial charge in [0, 0.05) is 6.20 Å². The number of hydrogen-bond donors (Lipinski definition) is 2. The second-order valence-corrected chi connectivity index (χ2v) is 5.68. The number of aryl methyl sites for hydroxylation is 1. The van der Waals surface area contributed by atoms with Gasteiger partial charge < -0.3 is 10.4 Å². The van der Waals surface area contributed by atoms with Crippen molar-refractivity contribution < 1.29 is 9.90 Å². The smallest absolute Gasteiger partial charge is 0.255 e. The van der Waals surface area contributed by atoms with Crippen molar-refractivity contribution in [1.82, 2.24) is 24.9 Å². The Hall–Kier alpha value is -2.02. The molecule has 7 heteroatoms. The fourth-order valence-electron chi connectivity index (χ4n) is 2.97. The summed E-state index contributed by atoms with van der Waals surface area (Å²) in [6, 6.07) is 0. The number of carbonyl (C=O) groups excluding carboxylic acids is 1. The lowest BCUT2D eigenvalue weighted by atomic mass is 9.82. The molecule has 112 valence electrons. The van der Waals surface area contributed by atoms with E-state index in [0.717, 1.165) is 32.1 Å². The number of aliphatic hydroxyl groups excluding tert-OH is 1. The summed E-state index contributed by atoms with van der Waals surface area (Å²) >= 11 is 0. The number of aliphatic hydroxyl groups is 1. The van der Waals surface area contributed by atoms with E-state index in [1.165, 1.54) is 12.5 Å². The van der Waals surface area contributed by atoms with Crippen LogP contribution < -0.4 is 5.32 Å². The van der Waals surface area contributed by atoms with E-state index >= 15 is 0 Å². The Morgan fingerprint density at radius 3 is 2.86 bits per heavy atom. The summed E-state index contributed by atoms with van der Waals surface area (Å²) in [5.41, 5.74) is 0.657. The number of amides is 1. The second kappa shape index (κ2) is 5.40. The third kappa shape index (κ3) is 2.49. The van der Waals surface area contributed by atoms with Crippen LogP contribution >= 0.6 is 0 Å². The zero-order valence-electron chi connectivity index (χ0n) is 12.0. The predicted octanol–water partition coefficient (Wildman–Crippen LogP) is 0.858. The first kappa shape index (κ1) is 13.9. The van der Waals surface area contributed by atoms with Gasteiger partial charge in [0.2, 0.25) is 0 Å². The molecule has 0 atom stereocenters. The number of rotatable bonds is 3. The molecule has 0 spiro atoms. The van der Waals surface area contributed by atoms with Gasteiger partial charge in [0.25, 0.3) is 11.7 Å². The third-order valence-corrected chi connectivity index (χ3v) is 4.28. The molecule has 2 heterocycles. The summed E-state index contributed by atoms with van der Waals surface area (Å²) in [7, 11) is 0. The molecule has 0 unspecified atom stereocenters. The summed E-state index contributed by atoms with van der Waals surface area (Å²) < 4.78 is 1.54. The zero-order valence-corrected chi connectivity index (χ0v) is 12.0. The second-order valence-electron chi connectivity index (χ2n) is 5.68. The summed E-state index contributed by atoms with van der Waals surface area (Å²) in [6.45, 7) is 1.78. The Kier molecular flexibility index (Phi) is 3.59. The molecule has 1 aliphatic rings. The van der Waals surface area contributed by atoms with E-state index < -0.39 is 5.54 Å². The first-order chi connectivity index (χ1) is 10.2. The summed E-state index contributed by atoms with van der Waals surface area (Å²) in [4.78, 5) is 20.7. The van der Waals surface area contributed by atoms with Crippen LogP contribution in [0.3, 0.4) is 0 Å². The fourth-order valence-corrected chi connectivity index (χ4v) is 2.97. The molecular formula is C14H19N5O2. The van der Waals surface area contributed by atoms with Crippen LogP contribution in [0, 0.1) is 6.92 Å². The number of nitrogens with zero attached hydrogens (tertiary/aromatic N) is 4. The van der Waals surface area contributed by atoms with Crippen molar-refractivity contribution in [1.29, 1.82) is 0 Å². The topological polar surface area (TPSA) is 92.4 Å². The molecule has 1 fully saturated rings. The fraction of sp³-hybridized carbons (Fsp3) is 0.571. The van der Waals surface area contributed by atoms with E-state index in [-0.39, 0.29) is 12.5 Å². The molecule has 21 heavy (non-hydrogen) atoms. The van der Waals surface area contributed by atoms with E-state index in [2.05, 4.69) is 20.4 Å². The molecule has 7 nitrogen and oxygen atoms in total. The summed E-state index contributed by atoms with van der Waals surface area (Å²) in [5, 5.41) is 16.8. The van der Waals surface area contributed by atoms with Crippen molar-refractivity contribution in [3.8, 4) is 0 Å².